The first-order valence-corrected chi connectivity index (χ1v) is 7.95. The number of sulfonamides is 1. The summed E-state index contributed by atoms with van der Waals surface area (Å²) in [6.07, 6.45) is 0.837. The number of halogens is 1. The SMILES string of the molecule is CCc1cccc(NS(=O)(=O)c2ccc(Cl)c(N)c2)c1. The molecule has 0 aliphatic rings. The second-order valence-electron chi connectivity index (χ2n) is 4.34. The molecule has 0 fully saturated rings. The highest BCUT2D eigenvalue weighted by Crippen LogP contribution is 2.24. The van der Waals surface area contributed by atoms with Crippen molar-refractivity contribution in [1.29, 1.82) is 0 Å². The van der Waals surface area contributed by atoms with Crippen LogP contribution in [0.25, 0.3) is 0 Å². The van der Waals surface area contributed by atoms with Gasteiger partial charge in [-0.05, 0) is 42.3 Å². The molecule has 6 heteroatoms. The van der Waals surface area contributed by atoms with Crippen LogP contribution >= 0.6 is 11.6 Å². The van der Waals surface area contributed by atoms with Crippen molar-refractivity contribution in [3.05, 3.63) is 53.1 Å². The lowest BCUT2D eigenvalue weighted by molar-refractivity contribution is 0.601. The molecule has 0 heterocycles. The summed E-state index contributed by atoms with van der Waals surface area (Å²) in [6, 6.07) is 11.5. The molecule has 0 saturated heterocycles. The van der Waals surface area contributed by atoms with Gasteiger partial charge in [0.15, 0.2) is 0 Å². The molecule has 0 aliphatic heterocycles. The minimum absolute atomic E-state index is 0.0845. The number of aryl methyl sites for hydroxylation is 1. The number of anilines is 2. The quantitative estimate of drug-likeness (QED) is 0.851. The summed E-state index contributed by atoms with van der Waals surface area (Å²) in [6.45, 7) is 2.01. The van der Waals surface area contributed by atoms with E-state index in [9.17, 15) is 8.42 Å². The van der Waals surface area contributed by atoms with E-state index in [1.165, 1.54) is 18.2 Å². The fraction of sp³-hybridized carbons (Fsp3) is 0.143. The smallest absolute Gasteiger partial charge is 0.261 e. The van der Waals surface area contributed by atoms with Crippen molar-refractivity contribution in [2.75, 3.05) is 10.5 Å². The van der Waals surface area contributed by atoms with Crippen LogP contribution in [0.15, 0.2) is 47.4 Å². The van der Waals surface area contributed by atoms with E-state index in [2.05, 4.69) is 4.72 Å². The van der Waals surface area contributed by atoms with Gasteiger partial charge in [-0.1, -0.05) is 30.7 Å². The van der Waals surface area contributed by atoms with Crippen LogP contribution in [0.1, 0.15) is 12.5 Å². The van der Waals surface area contributed by atoms with Crippen molar-refractivity contribution in [3.63, 3.8) is 0 Å². The van der Waals surface area contributed by atoms with E-state index in [1.807, 2.05) is 19.1 Å². The molecule has 0 amide bonds. The summed E-state index contributed by atoms with van der Waals surface area (Å²) in [7, 11) is -3.67. The Labute approximate surface area is 123 Å². The normalized spacial score (nSPS) is 11.3. The van der Waals surface area contributed by atoms with Gasteiger partial charge in [0, 0.05) is 5.69 Å². The predicted molar refractivity (Wildman–Crippen MR) is 82.5 cm³/mol. The molecule has 0 spiro atoms. The van der Waals surface area contributed by atoms with E-state index in [4.69, 9.17) is 17.3 Å². The Morgan fingerprint density at radius 3 is 2.60 bits per heavy atom. The summed E-state index contributed by atoms with van der Waals surface area (Å²) in [5.41, 5.74) is 7.45. The molecule has 3 N–H and O–H groups in total. The van der Waals surface area contributed by atoms with E-state index in [0.717, 1.165) is 12.0 Å². The Kier molecular flexibility index (Phi) is 4.20. The first kappa shape index (κ1) is 14.7. The second kappa shape index (κ2) is 5.73. The zero-order valence-corrected chi connectivity index (χ0v) is 12.5. The van der Waals surface area contributed by atoms with Gasteiger partial charge in [-0.2, -0.15) is 0 Å². The van der Waals surface area contributed by atoms with E-state index in [0.29, 0.717) is 10.7 Å². The molecule has 20 heavy (non-hydrogen) atoms. The number of hydrogen-bond acceptors (Lipinski definition) is 3. The summed E-state index contributed by atoms with van der Waals surface area (Å²) >= 11 is 5.79. The highest BCUT2D eigenvalue weighted by Gasteiger charge is 2.15. The predicted octanol–water partition coefficient (Wildman–Crippen LogP) is 3.29. The number of nitrogen functional groups attached to an aromatic ring is 1. The third-order valence-corrected chi connectivity index (χ3v) is 4.59. The van der Waals surface area contributed by atoms with Crippen LogP contribution in [-0.2, 0) is 16.4 Å². The van der Waals surface area contributed by atoms with Crippen LogP contribution in [0.4, 0.5) is 11.4 Å². The molecule has 0 aromatic heterocycles. The molecule has 4 nitrogen and oxygen atoms in total. The number of nitrogens with one attached hydrogen (secondary N) is 1. The van der Waals surface area contributed by atoms with Gasteiger partial charge in [0.1, 0.15) is 0 Å². The molecule has 0 radical (unpaired) electrons. The van der Waals surface area contributed by atoms with E-state index < -0.39 is 10.0 Å². The van der Waals surface area contributed by atoms with Crippen molar-refractivity contribution in [1.82, 2.24) is 0 Å². The zero-order chi connectivity index (χ0) is 14.8. The van der Waals surface area contributed by atoms with E-state index in [1.54, 1.807) is 12.1 Å². The Morgan fingerprint density at radius 1 is 1.20 bits per heavy atom. The van der Waals surface area contributed by atoms with Crippen molar-refractivity contribution in [2.24, 2.45) is 0 Å². The lowest BCUT2D eigenvalue weighted by atomic mass is 10.1. The standard InChI is InChI=1S/C14H15ClN2O2S/c1-2-10-4-3-5-11(8-10)17-20(18,19)12-6-7-13(15)14(16)9-12/h3-9,17H,2,16H2,1H3. The van der Waals surface area contributed by atoms with Gasteiger partial charge in [-0.3, -0.25) is 4.72 Å². The number of hydrogen-bond donors (Lipinski definition) is 2. The average Bonchev–Trinajstić information content (AvgIpc) is 2.41. The van der Waals surface area contributed by atoms with Crippen LogP contribution in [0.3, 0.4) is 0 Å². The largest absolute Gasteiger partial charge is 0.397 e. The van der Waals surface area contributed by atoms with Crippen LogP contribution in [0, 0.1) is 0 Å². The minimum atomic E-state index is -3.67. The number of rotatable bonds is 4. The second-order valence-corrected chi connectivity index (χ2v) is 6.43. The van der Waals surface area contributed by atoms with Crippen LogP contribution < -0.4 is 10.5 Å². The first-order chi connectivity index (χ1) is 9.42. The fourth-order valence-corrected chi connectivity index (χ4v) is 2.96. The van der Waals surface area contributed by atoms with Gasteiger partial charge in [-0.15, -0.1) is 0 Å². The third-order valence-electron chi connectivity index (χ3n) is 2.87. The maximum atomic E-state index is 12.3. The summed E-state index contributed by atoms with van der Waals surface area (Å²) in [4.78, 5) is 0.0845. The lowest BCUT2D eigenvalue weighted by Gasteiger charge is -2.10. The fourth-order valence-electron chi connectivity index (χ4n) is 1.76. The molecule has 0 saturated carbocycles. The Balaban J connectivity index is 2.32. The number of benzene rings is 2. The molecular weight excluding hydrogens is 296 g/mol. The highest BCUT2D eigenvalue weighted by atomic mass is 35.5. The van der Waals surface area contributed by atoms with Gasteiger partial charge in [0.2, 0.25) is 0 Å². The van der Waals surface area contributed by atoms with Crippen molar-refractivity contribution in [3.8, 4) is 0 Å². The Morgan fingerprint density at radius 2 is 1.95 bits per heavy atom. The molecule has 2 rings (SSSR count). The summed E-state index contributed by atoms with van der Waals surface area (Å²) in [5.74, 6) is 0. The van der Waals surface area contributed by atoms with Gasteiger partial charge in [0.05, 0.1) is 15.6 Å². The van der Waals surface area contributed by atoms with Gasteiger partial charge >= 0.3 is 0 Å². The zero-order valence-electron chi connectivity index (χ0n) is 10.9. The van der Waals surface area contributed by atoms with E-state index >= 15 is 0 Å². The van der Waals surface area contributed by atoms with Crippen molar-refractivity contribution in [2.45, 2.75) is 18.2 Å². The van der Waals surface area contributed by atoms with Crippen LogP contribution in [-0.4, -0.2) is 8.42 Å². The highest BCUT2D eigenvalue weighted by molar-refractivity contribution is 7.92. The van der Waals surface area contributed by atoms with Gasteiger partial charge in [0.25, 0.3) is 10.0 Å². The maximum absolute atomic E-state index is 12.3. The molecule has 0 atom stereocenters. The molecular formula is C14H15ClN2O2S. The molecule has 2 aromatic carbocycles. The molecule has 2 aromatic rings. The van der Waals surface area contributed by atoms with Crippen molar-refractivity contribution >= 4 is 33.0 Å². The number of nitrogens with two attached hydrogens (primary N) is 1. The summed E-state index contributed by atoms with van der Waals surface area (Å²) < 4.78 is 27.0. The van der Waals surface area contributed by atoms with Gasteiger partial charge in [-0.25, -0.2) is 8.42 Å². The monoisotopic (exact) mass is 310 g/mol. The van der Waals surface area contributed by atoms with Crippen LogP contribution in [0.2, 0.25) is 5.02 Å². The molecule has 0 bridgehead atoms. The van der Waals surface area contributed by atoms with Gasteiger partial charge < -0.3 is 5.73 Å². The van der Waals surface area contributed by atoms with Crippen LogP contribution in [0.5, 0.6) is 0 Å². The first-order valence-electron chi connectivity index (χ1n) is 6.09. The molecule has 0 aliphatic carbocycles. The lowest BCUT2D eigenvalue weighted by Crippen LogP contribution is -2.13. The maximum Gasteiger partial charge on any atom is 0.261 e. The minimum Gasteiger partial charge on any atom is -0.397 e. The molecule has 0 unspecified atom stereocenters. The van der Waals surface area contributed by atoms with E-state index in [-0.39, 0.29) is 10.6 Å². The molecule has 106 valence electrons. The third kappa shape index (κ3) is 3.23. The summed E-state index contributed by atoms with van der Waals surface area (Å²) in [5, 5.41) is 0.330. The topological polar surface area (TPSA) is 72.2 Å². The Bertz CT molecular complexity index is 730. The Hall–Kier alpha value is -1.72. The van der Waals surface area contributed by atoms with Crippen molar-refractivity contribution < 1.29 is 8.42 Å². The average molecular weight is 311 g/mol.